The molecule has 0 aromatic carbocycles. The first kappa shape index (κ1) is 15.7. The molecule has 4 N–H and O–H groups in total. The zero-order valence-electron chi connectivity index (χ0n) is 3.36. The van der Waals surface area contributed by atoms with Crippen LogP contribution >= 0.6 is 0 Å². The molecule has 0 rings (SSSR count). The zero-order valence-corrected chi connectivity index (χ0v) is 7.26. The molecule has 0 atom stereocenters. The standard InChI is InChI=1S/H3N.H2O3S2.Pt/c;1-5(2,3)4;/h1H3;(H2,1,2,3,4);/p-1. The number of hydrogen-bond donors (Lipinski definition) is 1. The molecule has 50 valence electrons. The maximum absolute atomic E-state index is 8.89. The Kier molecular flexibility index (Phi) is 11.4. The monoisotopic (exact) mass is 325 g/mol. The Morgan fingerprint density at radius 1 is 1.43 bits per heavy atom. The van der Waals surface area contributed by atoms with Crippen molar-refractivity contribution in [3.8, 4) is 0 Å². The second kappa shape index (κ2) is 5.08. The Morgan fingerprint density at radius 2 is 1.43 bits per heavy atom. The molecule has 0 aromatic rings. The first-order valence-corrected chi connectivity index (χ1v) is 3.00. The molecule has 0 bridgehead atoms. The van der Waals surface area contributed by atoms with Crippen LogP contribution in [0.1, 0.15) is 0 Å². The molecule has 0 unspecified atom stereocenters. The fourth-order valence-electron chi connectivity index (χ4n) is 0. The quantitative estimate of drug-likeness (QED) is 0.641. The Labute approximate surface area is 60.9 Å². The van der Waals surface area contributed by atoms with E-state index in [1.165, 1.54) is 0 Å². The van der Waals surface area contributed by atoms with Crippen LogP contribution < -0.4 is 6.15 Å². The summed E-state index contributed by atoms with van der Waals surface area (Å²) in [4.78, 5) is 0. The largest absolute Gasteiger partial charge is 0.780 e. The first-order valence-electron chi connectivity index (χ1n) is 0.667. The van der Waals surface area contributed by atoms with Crippen molar-refractivity contribution >= 4 is 20.2 Å². The fourth-order valence-corrected chi connectivity index (χ4v) is 0. The van der Waals surface area contributed by atoms with Gasteiger partial charge in [0.05, 0.1) is 0 Å². The van der Waals surface area contributed by atoms with Crippen molar-refractivity contribution in [3.63, 3.8) is 0 Å². The number of quaternary nitrogens is 1. The summed E-state index contributed by atoms with van der Waals surface area (Å²) in [6.45, 7) is 0. The van der Waals surface area contributed by atoms with E-state index in [0.717, 1.165) is 0 Å². The summed E-state index contributed by atoms with van der Waals surface area (Å²) in [5.41, 5.74) is 0. The zero-order chi connectivity index (χ0) is 4.50. The molecule has 0 saturated heterocycles. The van der Waals surface area contributed by atoms with Gasteiger partial charge in [0.1, 0.15) is 0 Å². The molecule has 0 aliphatic rings. The molecular weight excluding hydrogens is 321 g/mol. The summed E-state index contributed by atoms with van der Waals surface area (Å²) in [6.07, 6.45) is 0. The van der Waals surface area contributed by atoms with Crippen molar-refractivity contribution in [3.05, 3.63) is 0 Å². The molecule has 0 radical (unpaired) electrons. The van der Waals surface area contributed by atoms with Gasteiger partial charge in [-0.2, -0.15) is 0 Å². The molecule has 0 heterocycles. The van der Waals surface area contributed by atoms with Crippen LogP contribution in [-0.4, -0.2) is 13.3 Å². The molecule has 0 fully saturated rings. The van der Waals surface area contributed by atoms with Crippen LogP contribution in [0.3, 0.4) is 0 Å². The van der Waals surface area contributed by atoms with Gasteiger partial charge in [-0.1, -0.05) is 0 Å². The van der Waals surface area contributed by atoms with Crippen LogP contribution in [0.15, 0.2) is 0 Å². The molecule has 7 heavy (non-hydrogen) atoms. The van der Waals surface area contributed by atoms with Crippen molar-refractivity contribution < 1.29 is 34.4 Å². The van der Waals surface area contributed by atoms with Gasteiger partial charge in [-0.05, 0) is 11.2 Å². The third-order valence-corrected chi connectivity index (χ3v) is 0. The predicted molar refractivity (Wildman–Crippen MR) is 23.0 cm³/mol. The van der Waals surface area contributed by atoms with Crippen LogP contribution in [0.25, 0.3) is 0 Å². The third-order valence-electron chi connectivity index (χ3n) is 0. The Morgan fingerprint density at radius 3 is 1.43 bits per heavy atom. The van der Waals surface area contributed by atoms with Gasteiger partial charge in [0.15, 0.2) is 0 Å². The van der Waals surface area contributed by atoms with Crippen LogP contribution in [0, 0.1) is 0 Å². The SMILES string of the molecule is O=S([O-])([O-])=S.[NH4+].[Pt]. The van der Waals surface area contributed by atoms with Gasteiger partial charge in [0.2, 0.25) is 0 Å². The molecule has 4 nitrogen and oxygen atoms in total. The van der Waals surface area contributed by atoms with Crippen LogP contribution in [0.5, 0.6) is 0 Å². The average Bonchev–Trinajstić information content (AvgIpc) is 0.722. The predicted octanol–water partition coefficient (Wildman–Crippen LogP) is -0.633. The Hall–Kier alpha value is 0.938. The fraction of sp³-hybridized carbons (Fsp3) is 0. The van der Waals surface area contributed by atoms with Gasteiger partial charge in [-0.25, -0.2) is 0 Å². The van der Waals surface area contributed by atoms with Gasteiger partial charge in [-0.15, -0.1) is 9.05 Å². The summed E-state index contributed by atoms with van der Waals surface area (Å²) in [5, 5.41) is 0. The second-order valence-electron chi connectivity index (χ2n) is 0.408. The van der Waals surface area contributed by atoms with E-state index in [1.54, 1.807) is 0 Å². The molecule has 0 amide bonds. The molecule has 0 aromatic heterocycles. The molecule has 7 heteroatoms. The molecule has 0 spiro atoms. The van der Waals surface area contributed by atoms with E-state index in [4.69, 9.17) is 13.3 Å². The number of hydrogen-bond acceptors (Lipinski definition) is 4. The van der Waals surface area contributed by atoms with E-state index in [9.17, 15) is 0 Å². The number of rotatable bonds is 0. The smallest absolute Gasteiger partial charge is 0 e. The van der Waals surface area contributed by atoms with Crippen molar-refractivity contribution in [2.45, 2.75) is 0 Å². The summed E-state index contributed by atoms with van der Waals surface area (Å²) in [7, 11) is -4.33. The first-order chi connectivity index (χ1) is 2.00. The third kappa shape index (κ3) is 192. The van der Waals surface area contributed by atoms with Crippen LogP contribution in [-0.2, 0) is 41.3 Å². The van der Waals surface area contributed by atoms with E-state index in [-0.39, 0.29) is 27.2 Å². The summed E-state index contributed by atoms with van der Waals surface area (Å²) in [6, 6.07) is 0. The van der Waals surface area contributed by atoms with E-state index in [2.05, 4.69) is 11.2 Å². The maximum Gasteiger partial charge on any atom is 0 e. The van der Waals surface area contributed by atoms with E-state index in [0.29, 0.717) is 0 Å². The van der Waals surface area contributed by atoms with Crippen LogP contribution in [0.4, 0.5) is 0 Å². The Bertz CT molecular complexity index is 96.1. The topological polar surface area (TPSA) is 99.7 Å². The summed E-state index contributed by atoms with van der Waals surface area (Å²) >= 11 is 3.24. The Balaban J connectivity index is -0.0000000800. The van der Waals surface area contributed by atoms with Gasteiger partial charge in [0.25, 0.3) is 0 Å². The summed E-state index contributed by atoms with van der Waals surface area (Å²) < 4.78 is 26.7. The molecule has 0 saturated carbocycles. The minimum Gasteiger partial charge on any atom is -0.780 e. The van der Waals surface area contributed by atoms with Gasteiger partial charge < -0.3 is 15.3 Å². The van der Waals surface area contributed by atoms with Gasteiger partial charge >= 0.3 is 0 Å². The summed E-state index contributed by atoms with van der Waals surface area (Å²) in [5.74, 6) is 0. The normalized spacial score (nSPS) is 8.29. The van der Waals surface area contributed by atoms with Crippen molar-refractivity contribution in [2.75, 3.05) is 0 Å². The van der Waals surface area contributed by atoms with Crippen molar-refractivity contribution in [2.24, 2.45) is 0 Å². The molecule has 0 aliphatic carbocycles. The second-order valence-corrected chi connectivity index (χ2v) is 2.45. The average molecular weight is 325 g/mol. The van der Waals surface area contributed by atoms with E-state index in [1.807, 2.05) is 0 Å². The van der Waals surface area contributed by atoms with E-state index < -0.39 is 9.05 Å². The van der Waals surface area contributed by atoms with Gasteiger partial charge in [-0.3, -0.25) is 4.21 Å². The minimum atomic E-state index is -4.33. The maximum atomic E-state index is 8.89. The minimum absolute atomic E-state index is 0. The molecular formula is H4NO3PtS2-. The van der Waals surface area contributed by atoms with E-state index >= 15 is 0 Å². The van der Waals surface area contributed by atoms with Crippen molar-refractivity contribution in [1.82, 2.24) is 6.15 Å². The molecule has 0 aliphatic heterocycles. The van der Waals surface area contributed by atoms with Crippen molar-refractivity contribution in [1.29, 1.82) is 0 Å². The van der Waals surface area contributed by atoms with Crippen LogP contribution in [0.2, 0.25) is 0 Å². The van der Waals surface area contributed by atoms with Gasteiger partial charge in [0, 0.05) is 21.1 Å².